The van der Waals surface area contributed by atoms with Gasteiger partial charge in [-0.05, 0) is 31.2 Å². The minimum absolute atomic E-state index is 0.166. The van der Waals surface area contributed by atoms with Gasteiger partial charge in [-0.2, -0.15) is 18.3 Å². The van der Waals surface area contributed by atoms with Crippen LogP contribution in [0.3, 0.4) is 0 Å². The normalized spacial score (nSPS) is 14.7. The summed E-state index contributed by atoms with van der Waals surface area (Å²) in [5.74, 6) is 0.959. The van der Waals surface area contributed by atoms with E-state index in [9.17, 15) is 18.0 Å². The highest BCUT2D eigenvalue weighted by atomic mass is 35.5. The van der Waals surface area contributed by atoms with Crippen molar-refractivity contribution in [2.24, 2.45) is 0 Å². The molecule has 1 fully saturated rings. The summed E-state index contributed by atoms with van der Waals surface area (Å²) in [5, 5.41) is 4.26. The van der Waals surface area contributed by atoms with Crippen molar-refractivity contribution in [3.8, 4) is 5.69 Å². The zero-order valence-corrected chi connectivity index (χ0v) is 19.7. The molecule has 0 bridgehead atoms. The van der Waals surface area contributed by atoms with Crippen LogP contribution in [-0.4, -0.2) is 56.7 Å². The first-order chi connectivity index (χ1) is 16.0. The van der Waals surface area contributed by atoms with E-state index in [-0.39, 0.29) is 24.7 Å². The van der Waals surface area contributed by atoms with Crippen LogP contribution >= 0.6 is 11.6 Å². The zero-order chi connectivity index (χ0) is 24.6. The van der Waals surface area contributed by atoms with E-state index in [4.69, 9.17) is 11.6 Å². The maximum atomic E-state index is 14.0. The van der Waals surface area contributed by atoms with Crippen LogP contribution in [0.15, 0.2) is 36.5 Å². The van der Waals surface area contributed by atoms with Crippen molar-refractivity contribution in [2.75, 3.05) is 31.1 Å². The Morgan fingerprint density at radius 1 is 1.06 bits per heavy atom. The Morgan fingerprint density at radius 3 is 2.29 bits per heavy atom. The predicted molar refractivity (Wildman–Crippen MR) is 123 cm³/mol. The summed E-state index contributed by atoms with van der Waals surface area (Å²) < 4.78 is 42.7. The number of anilines is 1. The van der Waals surface area contributed by atoms with Gasteiger partial charge in [0.15, 0.2) is 5.69 Å². The molecule has 1 saturated heterocycles. The number of halogens is 4. The van der Waals surface area contributed by atoms with E-state index in [1.165, 1.54) is 29.2 Å². The minimum atomic E-state index is -4.77. The largest absolute Gasteiger partial charge is 0.434 e. The third-order valence-corrected chi connectivity index (χ3v) is 5.86. The Balaban J connectivity index is 1.55. The van der Waals surface area contributed by atoms with E-state index in [1.54, 1.807) is 0 Å². The Labute approximate surface area is 200 Å². The molecular weight excluding hydrogens is 469 g/mol. The molecule has 3 aromatic rings. The van der Waals surface area contributed by atoms with Crippen molar-refractivity contribution in [1.82, 2.24) is 24.6 Å². The third-order valence-electron chi connectivity index (χ3n) is 5.60. The first-order valence-corrected chi connectivity index (χ1v) is 11.2. The molecule has 11 heteroatoms. The van der Waals surface area contributed by atoms with Gasteiger partial charge in [0.05, 0.1) is 17.4 Å². The lowest BCUT2D eigenvalue weighted by molar-refractivity contribution is -0.143. The number of amides is 1. The summed E-state index contributed by atoms with van der Waals surface area (Å²) in [6.45, 7) is 7.35. The van der Waals surface area contributed by atoms with Gasteiger partial charge in [-0.25, -0.2) is 14.6 Å². The summed E-state index contributed by atoms with van der Waals surface area (Å²) in [6.07, 6.45) is -3.79. The predicted octanol–water partition coefficient (Wildman–Crippen LogP) is 4.73. The first kappa shape index (κ1) is 24.0. The van der Waals surface area contributed by atoms with Crippen LogP contribution in [0.1, 0.15) is 47.3 Å². The molecule has 1 aromatic carbocycles. The van der Waals surface area contributed by atoms with Gasteiger partial charge in [-0.3, -0.25) is 4.79 Å². The second-order valence-electron chi connectivity index (χ2n) is 8.45. The number of carbonyl (C=O) groups excluding carboxylic acids is 1. The molecule has 2 aromatic heterocycles. The van der Waals surface area contributed by atoms with Gasteiger partial charge in [-0.15, -0.1) is 0 Å². The number of benzene rings is 1. The molecular formula is C23H24ClF3N6O. The lowest BCUT2D eigenvalue weighted by Gasteiger charge is -2.35. The standard InChI is InChI=1S/C23H24ClF3N6O/c1-14(2)21-29-15(3)12-19(30-21)31-8-10-32(11-9-31)22(34)18-13-28-33(20(18)23(25,26)27)17-6-4-16(24)5-7-17/h4-7,12-14H,8-11H2,1-3H3. The number of aryl methyl sites for hydroxylation is 1. The van der Waals surface area contributed by atoms with Crippen molar-refractivity contribution in [3.63, 3.8) is 0 Å². The van der Waals surface area contributed by atoms with Crippen molar-refractivity contribution in [1.29, 1.82) is 0 Å². The van der Waals surface area contributed by atoms with E-state index >= 15 is 0 Å². The fourth-order valence-electron chi connectivity index (χ4n) is 3.86. The van der Waals surface area contributed by atoms with E-state index in [0.29, 0.717) is 18.1 Å². The lowest BCUT2D eigenvalue weighted by atomic mass is 10.1. The molecule has 34 heavy (non-hydrogen) atoms. The second-order valence-corrected chi connectivity index (χ2v) is 8.89. The lowest BCUT2D eigenvalue weighted by Crippen LogP contribution is -2.49. The van der Waals surface area contributed by atoms with Crippen LogP contribution in [0.25, 0.3) is 5.69 Å². The average Bonchev–Trinajstić information content (AvgIpc) is 3.24. The quantitative estimate of drug-likeness (QED) is 0.527. The summed E-state index contributed by atoms with van der Waals surface area (Å²) in [4.78, 5) is 25.6. The van der Waals surface area contributed by atoms with Gasteiger partial charge >= 0.3 is 6.18 Å². The van der Waals surface area contributed by atoms with Crippen molar-refractivity contribution in [3.05, 3.63) is 64.3 Å². The maximum Gasteiger partial charge on any atom is 0.434 e. The highest BCUT2D eigenvalue weighted by Gasteiger charge is 2.41. The van der Waals surface area contributed by atoms with Gasteiger partial charge < -0.3 is 9.80 Å². The van der Waals surface area contributed by atoms with Gasteiger partial charge in [-0.1, -0.05) is 25.4 Å². The molecule has 180 valence electrons. The molecule has 1 aliphatic rings. The molecule has 0 atom stereocenters. The summed E-state index contributed by atoms with van der Waals surface area (Å²) >= 11 is 5.85. The Kier molecular flexibility index (Phi) is 6.53. The Hall–Kier alpha value is -3.14. The number of piperazine rings is 1. The van der Waals surface area contributed by atoms with Crippen LogP contribution in [0.5, 0.6) is 0 Å². The molecule has 0 N–H and O–H groups in total. The van der Waals surface area contributed by atoms with Gasteiger partial charge in [0.2, 0.25) is 0 Å². The van der Waals surface area contributed by atoms with E-state index in [0.717, 1.165) is 28.2 Å². The molecule has 0 aliphatic carbocycles. The van der Waals surface area contributed by atoms with Crippen LogP contribution in [0.2, 0.25) is 5.02 Å². The van der Waals surface area contributed by atoms with Gasteiger partial charge in [0, 0.05) is 48.9 Å². The van der Waals surface area contributed by atoms with E-state index < -0.39 is 23.3 Å². The molecule has 0 spiro atoms. The summed E-state index contributed by atoms with van der Waals surface area (Å²) in [5.41, 5.74) is -0.566. The number of aromatic nitrogens is 4. The Morgan fingerprint density at radius 2 is 1.71 bits per heavy atom. The average molecular weight is 493 g/mol. The molecule has 3 heterocycles. The fourth-order valence-corrected chi connectivity index (χ4v) is 3.99. The smallest absolute Gasteiger partial charge is 0.353 e. The van der Waals surface area contributed by atoms with Crippen LogP contribution < -0.4 is 4.90 Å². The molecule has 0 radical (unpaired) electrons. The third kappa shape index (κ3) is 4.86. The number of rotatable bonds is 4. The van der Waals surface area contributed by atoms with Crippen molar-refractivity contribution >= 4 is 23.3 Å². The Bertz CT molecular complexity index is 1180. The summed E-state index contributed by atoms with van der Waals surface area (Å²) in [6, 6.07) is 7.67. The monoisotopic (exact) mass is 492 g/mol. The zero-order valence-electron chi connectivity index (χ0n) is 19.0. The number of hydrogen-bond acceptors (Lipinski definition) is 5. The van der Waals surface area contributed by atoms with Crippen LogP contribution in [0, 0.1) is 6.92 Å². The highest BCUT2D eigenvalue weighted by Crippen LogP contribution is 2.34. The van der Waals surface area contributed by atoms with Gasteiger partial charge in [0.25, 0.3) is 5.91 Å². The number of alkyl halides is 3. The molecule has 1 aliphatic heterocycles. The molecule has 4 rings (SSSR count). The first-order valence-electron chi connectivity index (χ1n) is 10.9. The molecule has 0 unspecified atom stereocenters. The van der Waals surface area contributed by atoms with Gasteiger partial charge in [0.1, 0.15) is 11.6 Å². The van der Waals surface area contributed by atoms with Crippen LogP contribution in [-0.2, 0) is 6.18 Å². The number of hydrogen-bond donors (Lipinski definition) is 0. The number of nitrogens with zero attached hydrogens (tertiary/aromatic N) is 6. The van der Waals surface area contributed by atoms with Crippen molar-refractivity contribution in [2.45, 2.75) is 32.9 Å². The number of carbonyl (C=O) groups is 1. The highest BCUT2D eigenvalue weighted by molar-refractivity contribution is 6.30. The topological polar surface area (TPSA) is 67.2 Å². The molecule has 7 nitrogen and oxygen atoms in total. The molecule has 1 amide bonds. The minimum Gasteiger partial charge on any atom is -0.353 e. The second kappa shape index (κ2) is 9.25. The van der Waals surface area contributed by atoms with Crippen molar-refractivity contribution < 1.29 is 18.0 Å². The van der Waals surface area contributed by atoms with Crippen LogP contribution in [0.4, 0.5) is 19.0 Å². The van der Waals surface area contributed by atoms with E-state index in [1.807, 2.05) is 31.7 Å². The van der Waals surface area contributed by atoms with E-state index in [2.05, 4.69) is 15.1 Å². The molecule has 0 saturated carbocycles. The maximum absolute atomic E-state index is 14.0. The fraction of sp³-hybridized carbons (Fsp3) is 0.391. The SMILES string of the molecule is Cc1cc(N2CCN(C(=O)c3cnn(-c4ccc(Cl)cc4)c3C(F)(F)F)CC2)nc(C(C)C)n1. The summed E-state index contributed by atoms with van der Waals surface area (Å²) in [7, 11) is 0.